The quantitative estimate of drug-likeness (QED) is 0.155. The van der Waals surface area contributed by atoms with Crippen LogP contribution in [0.2, 0.25) is 15.1 Å². The number of allylic oxidation sites excluding steroid dienone is 5. The van der Waals surface area contributed by atoms with Crippen LogP contribution in [-0.4, -0.2) is 50.9 Å². The maximum absolute atomic E-state index is 13.0. The Balaban J connectivity index is 0.000000135. The summed E-state index contributed by atoms with van der Waals surface area (Å²) in [4.78, 5) is 84.1. The van der Waals surface area contributed by atoms with Gasteiger partial charge in [0.1, 0.15) is 5.76 Å². The highest BCUT2D eigenvalue weighted by Gasteiger charge is 2.39. The van der Waals surface area contributed by atoms with Gasteiger partial charge in [-0.05, 0) is 160 Å². The topological polar surface area (TPSA) is 160 Å². The molecule has 0 aromatic heterocycles. The Kier molecular flexibility index (Phi) is 19.2. The third-order valence-corrected chi connectivity index (χ3v) is 17.9. The maximum atomic E-state index is 13.0. The van der Waals surface area contributed by atoms with Gasteiger partial charge in [-0.25, -0.2) is 0 Å². The zero-order valence-electron chi connectivity index (χ0n) is 44.0. The normalized spacial score (nSPS) is 22.3. The van der Waals surface area contributed by atoms with Crippen molar-refractivity contribution in [3.05, 3.63) is 238 Å². The molecule has 0 atom stereocenters. The van der Waals surface area contributed by atoms with E-state index in [0.29, 0.717) is 62.3 Å². The summed E-state index contributed by atoms with van der Waals surface area (Å²) in [6.07, 6.45) is 11.8. The fourth-order valence-corrected chi connectivity index (χ4v) is 13.0. The standard InChI is InChI=1S/C22H18Cl2O2.C22H19ClO3.C13H15ClO2.C10H5ClO2/c23-16-11-9-14(10-12-16)13-5-7-15(8-6-13)19-20(24)22(26)18-4-2-1-3-17(18)21(19)25;23-16-11-9-14(10-12-16)13-5-7-15(8-6-13)19-20(24)17-3-1-2-4-18(17)21(25)22(19)26;14-12-7-5-10(6-8-12)9-1-3-11(4-2-9)13(15)16;11-8-5-9(12)6-3-1-2-4-7(6)10(8)13/h1-4,9-13,15H,5-8H2;1-4,9-13,15,24H,5-8H2;5-9,11H,1-4H2,(H,15,16);1-5H. The second-order valence-electron chi connectivity index (χ2n) is 21.3. The van der Waals surface area contributed by atoms with Gasteiger partial charge in [-0.1, -0.05) is 167 Å². The Morgan fingerprint density at radius 1 is 0.358 bits per heavy atom. The first-order valence-electron chi connectivity index (χ1n) is 27.2. The van der Waals surface area contributed by atoms with Gasteiger partial charge in [0.2, 0.25) is 23.1 Å². The van der Waals surface area contributed by atoms with Crippen LogP contribution in [-0.2, 0) is 9.59 Å². The fraction of sp³-hybridized carbons (Fsp3) is 0.269. The number of aliphatic carboxylic acids is 1. The molecule has 3 fully saturated rings. The van der Waals surface area contributed by atoms with Crippen molar-refractivity contribution < 1.29 is 43.8 Å². The molecule has 81 heavy (non-hydrogen) atoms. The van der Waals surface area contributed by atoms with Crippen molar-refractivity contribution in [1.82, 2.24) is 0 Å². The van der Waals surface area contributed by atoms with E-state index in [9.17, 15) is 38.7 Å². The fourth-order valence-electron chi connectivity index (χ4n) is 12.1. The van der Waals surface area contributed by atoms with Gasteiger partial charge in [0.05, 0.1) is 16.0 Å². The summed E-state index contributed by atoms with van der Waals surface area (Å²) in [5.41, 5.74) is 7.14. The number of hydrogen-bond donors (Lipinski definition) is 2. The number of aliphatic hydroxyl groups excluding tert-OH is 1. The van der Waals surface area contributed by atoms with Crippen LogP contribution in [0.15, 0.2) is 173 Å². The van der Waals surface area contributed by atoms with Crippen molar-refractivity contribution in [2.75, 3.05) is 0 Å². The Morgan fingerprint density at radius 3 is 1.11 bits per heavy atom. The first kappa shape index (κ1) is 58.9. The zero-order chi connectivity index (χ0) is 57.5. The van der Waals surface area contributed by atoms with E-state index in [1.54, 1.807) is 72.8 Å². The van der Waals surface area contributed by atoms with E-state index in [0.717, 1.165) is 98.2 Å². The first-order chi connectivity index (χ1) is 39.0. The van der Waals surface area contributed by atoms with Crippen molar-refractivity contribution in [1.29, 1.82) is 0 Å². The molecule has 9 nitrogen and oxygen atoms in total. The number of rotatable bonds is 6. The number of carbonyl (C=O) groups is 7. The molecule has 12 rings (SSSR count). The highest BCUT2D eigenvalue weighted by Crippen LogP contribution is 2.45. The number of carbonyl (C=O) groups excluding carboxylic acids is 6. The molecule has 414 valence electrons. The van der Waals surface area contributed by atoms with Crippen LogP contribution in [0.4, 0.5) is 0 Å². The largest absolute Gasteiger partial charge is 0.507 e. The minimum Gasteiger partial charge on any atom is -0.507 e. The van der Waals surface area contributed by atoms with Gasteiger partial charge in [0.15, 0.2) is 11.6 Å². The van der Waals surface area contributed by atoms with Crippen LogP contribution in [0.25, 0.3) is 5.76 Å². The molecule has 0 spiro atoms. The van der Waals surface area contributed by atoms with Crippen LogP contribution in [0.3, 0.4) is 0 Å². The lowest BCUT2D eigenvalue weighted by Crippen LogP contribution is -2.29. The number of halogens is 5. The summed E-state index contributed by atoms with van der Waals surface area (Å²) in [5.74, 6) is -1.26. The molecule has 14 heteroatoms. The summed E-state index contributed by atoms with van der Waals surface area (Å²) >= 11 is 29.7. The summed E-state index contributed by atoms with van der Waals surface area (Å²) in [5, 5.41) is 21.9. The van der Waals surface area contributed by atoms with E-state index in [2.05, 4.69) is 24.3 Å². The molecule has 6 aliphatic rings. The Hall–Kier alpha value is -6.72. The highest BCUT2D eigenvalue weighted by molar-refractivity contribution is 6.52. The second kappa shape index (κ2) is 26.5. The molecule has 6 aromatic rings. The smallest absolute Gasteiger partial charge is 0.306 e. The molecule has 6 aliphatic carbocycles. The van der Waals surface area contributed by atoms with Gasteiger partial charge in [-0.2, -0.15) is 0 Å². The van der Waals surface area contributed by atoms with Gasteiger partial charge in [-0.3, -0.25) is 33.6 Å². The van der Waals surface area contributed by atoms with Crippen molar-refractivity contribution in [3.8, 4) is 0 Å². The Labute approximate surface area is 495 Å². The maximum Gasteiger partial charge on any atom is 0.306 e. The molecule has 0 aliphatic heterocycles. The minimum atomic E-state index is -0.644. The van der Waals surface area contributed by atoms with E-state index < -0.39 is 17.5 Å². The minimum absolute atomic E-state index is 0.0105. The average Bonchev–Trinajstić information content (AvgIpc) is 3.58. The number of Topliss-reactive ketones (excluding diaryl/α,β-unsaturated/α-hetero) is 5. The van der Waals surface area contributed by atoms with Crippen LogP contribution in [0.5, 0.6) is 0 Å². The molecule has 0 amide bonds. The van der Waals surface area contributed by atoms with E-state index in [1.807, 2.05) is 48.5 Å². The lowest BCUT2D eigenvalue weighted by atomic mass is 9.72. The van der Waals surface area contributed by atoms with Crippen LogP contribution < -0.4 is 0 Å². The molecule has 0 unspecified atom stereocenters. The second-order valence-corrected chi connectivity index (χ2v) is 23.4. The molecule has 2 N–H and O–H groups in total. The molecule has 0 bridgehead atoms. The van der Waals surface area contributed by atoms with Crippen molar-refractivity contribution in [2.24, 2.45) is 17.8 Å². The van der Waals surface area contributed by atoms with E-state index >= 15 is 0 Å². The van der Waals surface area contributed by atoms with Gasteiger partial charge in [0, 0.05) is 65.7 Å². The van der Waals surface area contributed by atoms with Gasteiger partial charge < -0.3 is 10.2 Å². The highest BCUT2D eigenvalue weighted by atomic mass is 35.5. The van der Waals surface area contributed by atoms with E-state index in [4.69, 9.17) is 63.1 Å². The number of aliphatic hydroxyl groups is 1. The summed E-state index contributed by atoms with van der Waals surface area (Å²) in [7, 11) is 0. The molecular formula is C67H57Cl5O9. The number of benzene rings is 6. The van der Waals surface area contributed by atoms with Gasteiger partial charge >= 0.3 is 5.97 Å². The SMILES string of the molecule is O=C(O)C1CCC(c2ccc(Cl)cc2)CC1.O=C1C(=O)c2ccccc2C(O)=C1C1CCC(c2ccc(Cl)cc2)CC1.O=C1C(Cl)=C(C2CCC(c3ccc(Cl)cc3)CC2)C(=O)c2ccccc21.O=C1C=C(Cl)C(=O)c2ccccc21. The number of ketones is 6. The first-order valence-corrected chi connectivity index (χ1v) is 29.1. The molecule has 0 radical (unpaired) electrons. The van der Waals surface area contributed by atoms with E-state index in [1.165, 1.54) is 16.7 Å². The summed E-state index contributed by atoms with van der Waals surface area (Å²) < 4.78 is 0. The molecule has 0 saturated heterocycles. The molecule has 3 saturated carbocycles. The predicted octanol–water partition coefficient (Wildman–Crippen LogP) is 17.4. The Morgan fingerprint density at radius 2 is 0.691 bits per heavy atom. The molecule has 6 aromatic carbocycles. The van der Waals surface area contributed by atoms with Crippen molar-refractivity contribution >= 4 is 104 Å². The molecular weight excluding hydrogens is 1130 g/mol. The van der Waals surface area contributed by atoms with Crippen LogP contribution in [0.1, 0.15) is 169 Å². The lowest BCUT2D eigenvalue weighted by molar-refractivity contribution is -0.142. The number of carboxylic acids is 1. The van der Waals surface area contributed by atoms with Crippen LogP contribution >= 0.6 is 58.0 Å². The number of hydrogen-bond acceptors (Lipinski definition) is 8. The zero-order valence-corrected chi connectivity index (χ0v) is 47.8. The molecule has 0 heterocycles. The predicted molar refractivity (Wildman–Crippen MR) is 318 cm³/mol. The monoisotopic (exact) mass is 1180 g/mol. The summed E-state index contributed by atoms with van der Waals surface area (Å²) in [6, 6.07) is 44.2. The average molecular weight is 1180 g/mol. The van der Waals surface area contributed by atoms with Crippen molar-refractivity contribution in [3.63, 3.8) is 0 Å². The van der Waals surface area contributed by atoms with E-state index in [-0.39, 0.29) is 56.7 Å². The van der Waals surface area contributed by atoms with Gasteiger partial charge in [0.25, 0.3) is 0 Å². The lowest BCUT2D eigenvalue weighted by Gasteiger charge is -2.32. The number of carboxylic acid groups (broad SMARTS) is 1. The third kappa shape index (κ3) is 13.5. The summed E-state index contributed by atoms with van der Waals surface area (Å²) in [6.45, 7) is 0. The van der Waals surface area contributed by atoms with Crippen molar-refractivity contribution in [2.45, 2.75) is 94.8 Å². The number of fused-ring (bicyclic) bond motifs is 3. The van der Waals surface area contributed by atoms with Gasteiger partial charge in [-0.15, -0.1) is 0 Å². The Bertz CT molecular complexity index is 3500. The third-order valence-electron chi connectivity index (χ3n) is 16.5. The van der Waals surface area contributed by atoms with Crippen LogP contribution in [0, 0.1) is 17.8 Å².